The molecule has 39 heavy (non-hydrogen) atoms. The van der Waals surface area contributed by atoms with Gasteiger partial charge in [-0.05, 0) is 54.8 Å². The number of ketones is 1. The lowest BCUT2D eigenvalue weighted by Gasteiger charge is -2.13. The van der Waals surface area contributed by atoms with Gasteiger partial charge in [0.1, 0.15) is 11.6 Å². The van der Waals surface area contributed by atoms with E-state index in [9.17, 15) is 9.18 Å². The first-order valence-corrected chi connectivity index (χ1v) is 13.2. The molecule has 1 saturated carbocycles. The van der Waals surface area contributed by atoms with E-state index in [2.05, 4.69) is 10.3 Å². The van der Waals surface area contributed by atoms with Crippen LogP contribution in [0.15, 0.2) is 77.9 Å². The molecule has 8 heteroatoms. The van der Waals surface area contributed by atoms with Crippen molar-refractivity contribution < 1.29 is 9.18 Å². The molecule has 1 fully saturated rings. The van der Waals surface area contributed by atoms with Crippen LogP contribution in [0.3, 0.4) is 0 Å². The Morgan fingerprint density at radius 2 is 1.82 bits per heavy atom. The maximum atomic E-state index is 14.7. The number of Topliss-reactive ketones (excluding diaryl/α,β-unsaturated/α-hetero) is 1. The largest absolute Gasteiger partial charge is 0.324 e. The number of halogens is 2. The van der Waals surface area contributed by atoms with E-state index in [-0.39, 0.29) is 23.9 Å². The Kier molecular flexibility index (Phi) is 6.75. The lowest BCUT2D eigenvalue weighted by atomic mass is 9.95. The van der Waals surface area contributed by atoms with Gasteiger partial charge >= 0.3 is 0 Å². The summed E-state index contributed by atoms with van der Waals surface area (Å²) in [5.74, 6) is 0.433. The molecule has 1 aromatic heterocycles. The molecular weight excluding hydrogens is 513 g/mol. The summed E-state index contributed by atoms with van der Waals surface area (Å²) < 4.78 is 14.7. The van der Waals surface area contributed by atoms with Gasteiger partial charge in [0.2, 0.25) is 5.95 Å². The molecule has 6 nitrogen and oxygen atoms in total. The quantitative estimate of drug-likeness (QED) is 0.238. The number of carbonyl (C=O) groups is 1. The molecule has 2 N–H and O–H groups in total. The van der Waals surface area contributed by atoms with Gasteiger partial charge in [0.15, 0.2) is 0 Å². The zero-order chi connectivity index (χ0) is 26.9. The molecule has 3 aromatic carbocycles. The van der Waals surface area contributed by atoms with Crippen LogP contribution in [0, 0.1) is 17.1 Å². The lowest BCUT2D eigenvalue weighted by molar-refractivity contribution is -0.119. The first-order valence-electron chi connectivity index (χ1n) is 12.8. The van der Waals surface area contributed by atoms with E-state index in [0.717, 1.165) is 35.2 Å². The summed E-state index contributed by atoms with van der Waals surface area (Å²) in [7, 11) is 0. The molecule has 194 valence electrons. The zero-order valence-electron chi connectivity index (χ0n) is 21.0. The molecule has 0 unspecified atom stereocenters. The summed E-state index contributed by atoms with van der Waals surface area (Å²) in [6.45, 7) is 0.301. The Bertz CT molecular complexity index is 1630. The van der Waals surface area contributed by atoms with Crippen LogP contribution in [0.5, 0.6) is 0 Å². The molecule has 0 saturated heterocycles. The fourth-order valence-electron chi connectivity index (χ4n) is 4.77. The van der Waals surface area contributed by atoms with Crippen LogP contribution in [-0.2, 0) is 17.8 Å². The Morgan fingerprint density at radius 1 is 1.03 bits per heavy atom. The van der Waals surface area contributed by atoms with Crippen LogP contribution < -0.4 is 5.32 Å². The van der Waals surface area contributed by atoms with Gasteiger partial charge < -0.3 is 10.7 Å². The van der Waals surface area contributed by atoms with E-state index in [1.54, 1.807) is 36.5 Å². The number of nitrogens with one attached hydrogen (secondary N) is 2. The van der Waals surface area contributed by atoms with Gasteiger partial charge in [0.05, 0.1) is 18.0 Å². The normalized spacial score (nSPS) is 14.1. The van der Waals surface area contributed by atoms with Crippen molar-refractivity contribution in [1.82, 2.24) is 9.97 Å². The number of rotatable bonds is 8. The van der Waals surface area contributed by atoms with Crippen molar-refractivity contribution in [3.63, 3.8) is 0 Å². The van der Waals surface area contributed by atoms with E-state index < -0.39 is 0 Å². The number of aliphatic imine (C=N–C) groups is 1. The summed E-state index contributed by atoms with van der Waals surface area (Å²) in [6.07, 6.45) is 4.37. The van der Waals surface area contributed by atoms with Gasteiger partial charge in [-0.1, -0.05) is 41.9 Å². The molecule has 2 heterocycles. The number of benzene rings is 3. The summed E-state index contributed by atoms with van der Waals surface area (Å²) >= 11 is 6.35. The Balaban J connectivity index is 1.24. The fraction of sp³-hybridized carbons (Fsp3) is 0.194. The van der Waals surface area contributed by atoms with Crippen molar-refractivity contribution in [1.29, 1.82) is 5.41 Å². The molecule has 6 rings (SSSR count). The highest BCUT2D eigenvalue weighted by molar-refractivity contribution is 6.31. The second-order valence-corrected chi connectivity index (χ2v) is 10.4. The molecule has 0 spiro atoms. The van der Waals surface area contributed by atoms with Gasteiger partial charge in [-0.25, -0.2) is 14.4 Å². The third kappa shape index (κ3) is 5.49. The van der Waals surface area contributed by atoms with Crippen LogP contribution in [0.1, 0.15) is 41.5 Å². The maximum Gasteiger partial charge on any atom is 0.227 e. The number of fused-ring (bicyclic) bond motifs is 3. The van der Waals surface area contributed by atoms with Crippen LogP contribution in [0.4, 0.5) is 16.0 Å². The first kappa shape index (κ1) is 25.1. The highest BCUT2D eigenvalue weighted by atomic mass is 35.5. The van der Waals surface area contributed by atoms with Crippen molar-refractivity contribution >= 4 is 40.4 Å². The smallest absolute Gasteiger partial charge is 0.227 e. The predicted octanol–water partition coefficient (Wildman–Crippen LogP) is 6.96. The van der Waals surface area contributed by atoms with Crippen molar-refractivity contribution in [2.45, 2.75) is 32.2 Å². The van der Waals surface area contributed by atoms with E-state index in [0.29, 0.717) is 52.2 Å². The second-order valence-electron chi connectivity index (χ2n) is 9.92. The number of nitrogens with zero attached hydrogens (tertiary/aromatic N) is 3. The average molecular weight is 538 g/mol. The number of anilines is 2. The molecule has 0 bridgehead atoms. The minimum atomic E-state index is -0.352. The van der Waals surface area contributed by atoms with E-state index in [4.69, 9.17) is 27.0 Å². The lowest BCUT2D eigenvalue weighted by Crippen LogP contribution is -2.11. The van der Waals surface area contributed by atoms with Gasteiger partial charge in [0, 0.05) is 63.6 Å². The number of carbonyl (C=O) groups excluding carboxylic acids is 1. The minimum absolute atomic E-state index is 0.180. The topological polar surface area (TPSA) is 91.1 Å². The Labute approximate surface area is 230 Å². The van der Waals surface area contributed by atoms with Crippen LogP contribution in [0.25, 0.3) is 11.3 Å². The molecule has 4 aromatic rings. The minimum Gasteiger partial charge on any atom is -0.324 e. The number of hydrogen-bond donors (Lipinski definition) is 2. The maximum absolute atomic E-state index is 14.7. The fourth-order valence-corrected chi connectivity index (χ4v) is 4.94. The van der Waals surface area contributed by atoms with Crippen molar-refractivity contribution in [2.24, 2.45) is 10.9 Å². The number of aromatic nitrogens is 2. The predicted molar refractivity (Wildman–Crippen MR) is 152 cm³/mol. The summed E-state index contributed by atoms with van der Waals surface area (Å²) in [5.41, 5.74) is 6.19. The average Bonchev–Trinajstić information content (AvgIpc) is 3.78. The number of hydrogen-bond acceptors (Lipinski definition) is 6. The summed E-state index contributed by atoms with van der Waals surface area (Å²) in [4.78, 5) is 26.0. The standard InChI is InChI=1S/C31H25ClFN5O/c32-21-9-12-24-26(14-21)30(25-3-1-2-4-27(25)33)35-16-20-17-36-31(38-29(20)24)37-23-10-5-18(6-11-23)13-22(34)15-28(39)19-7-8-19/h1-6,9-12,14,17,19,34H,7-8,13,15-16H2,(H,36,37,38). The summed E-state index contributed by atoms with van der Waals surface area (Å²) in [6, 6.07) is 19.7. The van der Waals surface area contributed by atoms with Gasteiger partial charge in [-0.3, -0.25) is 9.79 Å². The second kappa shape index (κ2) is 10.5. The molecule has 1 aliphatic carbocycles. The summed E-state index contributed by atoms with van der Waals surface area (Å²) in [5, 5.41) is 12.0. The van der Waals surface area contributed by atoms with E-state index >= 15 is 0 Å². The van der Waals surface area contributed by atoms with Crippen LogP contribution in [0.2, 0.25) is 5.02 Å². The highest BCUT2D eigenvalue weighted by Crippen LogP contribution is 2.34. The van der Waals surface area contributed by atoms with Crippen LogP contribution in [-0.4, -0.2) is 27.2 Å². The zero-order valence-corrected chi connectivity index (χ0v) is 21.8. The van der Waals surface area contributed by atoms with Crippen molar-refractivity contribution in [3.05, 3.63) is 106 Å². The van der Waals surface area contributed by atoms with E-state index in [1.165, 1.54) is 6.07 Å². The molecule has 1 aliphatic heterocycles. The monoisotopic (exact) mass is 537 g/mol. The third-order valence-corrected chi connectivity index (χ3v) is 7.18. The van der Waals surface area contributed by atoms with Crippen molar-refractivity contribution in [2.75, 3.05) is 5.32 Å². The van der Waals surface area contributed by atoms with Gasteiger partial charge in [-0.15, -0.1) is 0 Å². The Hall–Kier alpha value is -4.23. The molecule has 0 amide bonds. The van der Waals surface area contributed by atoms with Gasteiger partial charge in [-0.2, -0.15) is 0 Å². The first-order chi connectivity index (χ1) is 18.9. The van der Waals surface area contributed by atoms with Crippen molar-refractivity contribution in [3.8, 4) is 11.3 Å². The SMILES string of the molecule is N=C(CC(=O)C1CC1)Cc1ccc(Nc2ncc3c(n2)-c2ccc(Cl)cc2C(c2ccccc2F)=NC3)cc1. The Morgan fingerprint density at radius 3 is 2.59 bits per heavy atom. The highest BCUT2D eigenvalue weighted by Gasteiger charge is 2.29. The van der Waals surface area contributed by atoms with E-state index in [1.807, 2.05) is 30.3 Å². The molecule has 0 atom stereocenters. The third-order valence-electron chi connectivity index (χ3n) is 6.94. The van der Waals surface area contributed by atoms with Gasteiger partial charge in [0.25, 0.3) is 0 Å². The molecule has 0 radical (unpaired) electrons. The molecular formula is C31H25ClFN5O. The molecule has 2 aliphatic rings. The van der Waals surface area contributed by atoms with Crippen LogP contribution >= 0.6 is 11.6 Å².